The Balaban J connectivity index is 2.81. The van der Waals surface area contributed by atoms with Crippen LogP contribution < -0.4 is 9.47 Å². The minimum atomic E-state index is -0.950. The van der Waals surface area contributed by atoms with Crippen molar-refractivity contribution in [2.24, 2.45) is 5.92 Å². The Labute approximate surface area is 108 Å². The van der Waals surface area contributed by atoms with Gasteiger partial charge in [0.25, 0.3) is 0 Å². The molecular formula is C15H20O3. The fraction of sp³-hybridized carbons (Fsp3) is 0.467. The van der Waals surface area contributed by atoms with Crippen LogP contribution in [0, 0.1) is 5.92 Å². The van der Waals surface area contributed by atoms with E-state index in [1.807, 2.05) is 32.9 Å². The van der Waals surface area contributed by atoms with E-state index in [1.54, 1.807) is 14.2 Å². The maximum atomic E-state index is 10.8. The molecule has 1 aliphatic carbocycles. The van der Waals surface area contributed by atoms with Gasteiger partial charge in [0.2, 0.25) is 0 Å². The van der Waals surface area contributed by atoms with Gasteiger partial charge in [-0.2, -0.15) is 0 Å². The fourth-order valence-electron chi connectivity index (χ4n) is 2.65. The standard InChI is InChI=1S/C15H20O3/c1-9-8-10(2)15(3,16)14-12(18-5)7-6-11(17-4)13(9)14/h6-8,10,16H,1-5H3/t10-,15+/m1/s1. The molecular weight excluding hydrogens is 228 g/mol. The van der Waals surface area contributed by atoms with Gasteiger partial charge >= 0.3 is 0 Å². The first-order valence-electron chi connectivity index (χ1n) is 6.10. The van der Waals surface area contributed by atoms with Gasteiger partial charge < -0.3 is 14.6 Å². The summed E-state index contributed by atoms with van der Waals surface area (Å²) in [4.78, 5) is 0. The van der Waals surface area contributed by atoms with Crippen LogP contribution in [0.4, 0.5) is 0 Å². The van der Waals surface area contributed by atoms with Crippen molar-refractivity contribution in [3.63, 3.8) is 0 Å². The number of hydrogen-bond donors (Lipinski definition) is 1. The van der Waals surface area contributed by atoms with E-state index in [2.05, 4.69) is 6.08 Å². The lowest BCUT2D eigenvalue weighted by atomic mass is 9.74. The molecule has 0 spiro atoms. The number of allylic oxidation sites excluding steroid dienone is 1. The third kappa shape index (κ3) is 1.70. The highest BCUT2D eigenvalue weighted by atomic mass is 16.5. The molecule has 98 valence electrons. The van der Waals surface area contributed by atoms with Crippen molar-refractivity contribution in [2.45, 2.75) is 26.4 Å². The maximum absolute atomic E-state index is 10.8. The summed E-state index contributed by atoms with van der Waals surface area (Å²) in [6.07, 6.45) is 2.07. The summed E-state index contributed by atoms with van der Waals surface area (Å²) in [5.41, 5.74) is 1.92. The molecule has 1 aromatic carbocycles. The highest BCUT2D eigenvalue weighted by Gasteiger charge is 2.39. The first kappa shape index (κ1) is 13.0. The summed E-state index contributed by atoms with van der Waals surface area (Å²) in [5, 5.41) is 10.8. The third-order valence-electron chi connectivity index (χ3n) is 3.86. The molecule has 1 N–H and O–H groups in total. The van der Waals surface area contributed by atoms with E-state index in [9.17, 15) is 5.11 Å². The van der Waals surface area contributed by atoms with Crippen LogP contribution in [0.25, 0.3) is 5.57 Å². The monoisotopic (exact) mass is 248 g/mol. The number of rotatable bonds is 2. The van der Waals surface area contributed by atoms with Crippen molar-refractivity contribution in [1.82, 2.24) is 0 Å². The Kier molecular flexibility index (Phi) is 3.11. The molecule has 2 atom stereocenters. The normalized spacial score (nSPS) is 26.3. The van der Waals surface area contributed by atoms with Crippen molar-refractivity contribution in [2.75, 3.05) is 14.2 Å². The second-order valence-corrected chi connectivity index (χ2v) is 5.01. The van der Waals surface area contributed by atoms with Crippen LogP contribution in [-0.2, 0) is 5.60 Å². The molecule has 0 fully saturated rings. The van der Waals surface area contributed by atoms with Crippen LogP contribution >= 0.6 is 0 Å². The van der Waals surface area contributed by atoms with Crippen molar-refractivity contribution in [3.8, 4) is 11.5 Å². The summed E-state index contributed by atoms with van der Waals surface area (Å²) in [7, 11) is 3.26. The average molecular weight is 248 g/mol. The molecule has 3 nitrogen and oxygen atoms in total. The van der Waals surface area contributed by atoms with Crippen molar-refractivity contribution in [3.05, 3.63) is 29.3 Å². The van der Waals surface area contributed by atoms with Gasteiger partial charge in [-0.15, -0.1) is 0 Å². The van der Waals surface area contributed by atoms with Gasteiger partial charge in [-0.1, -0.05) is 13.0 Å². The second-order valence-electron chi connectivity index (χ2n) is 5.01. The van der Waals surface area contributed by atoms with E-state index < -0.39 is 5.60 Å². The summed E-state index contributed by atoms with van der Waals surface area (Å²) in [6, 6.07) is 3.72. The third-order valence-corrected chi connectivity index (χ3v) is 3.86. The second kappa shape index (κ2) is 4.32. The predicted molar refractivity (Wildman–Crippen MR) is 71.9 cm³/mol. The molecule has 0 unspecified atom stereocenters. The Morgan fingerprint density at radius 1 is 1.17 bits per heavy atom. The Bertz CT molecular complexity index is 501. The number of fused-ring (bicyclic) bond motifs is 1. The molecule has 0 saturated heterocycles. The largest absolute Gasteiger partial charge is 0.496 e. The maximum Gasteiger partial charge on any atom is 0.126 e. The van der Waals surface area contributed by atoms with Crippen LogP contribution in [-0.4, -0.2) is 19.3 Å². The van der Waals surface area contributed by atoms with Crippen LogP contribution in [0.2, 0.25) is 0 Å². The lowest BCUT2D eigenvalue weighted by Gasteiger charge is -2.37. The van der Waals surface area contributed by atoms with Gasteiger partial charge in [-0.05, 0) is 31.6 Å². The van der Waals surface area contributed by atoms with Crippen LogP contribution in [0.15, 0.2) is 18.2 Å². The van der Waals surface area contributed by atoms with Gasteiger partial charge in [0.15, 0.2) is 0 Å². The summed E-state index contributed by atoms with van der Waals surface area (Å²) >= 11 is 0. The van der Waals surface area contributed by atoms with E-state index in [4.69, 9.17) is 9.47 Å². The molecule has 1 aliphatic rings. The first-order valence-corrected chi connectivity index (χ1v) is 6.10. The quantitative estimate of drug-likeness (QED) is 0.874. The molecule has 0 amide bonds. The molecule has 1 aromatic rings. The lowest BCUT2D eigenvalue weighted by Crippen LogP contribution is -2.33. The zero-order valence-corrected chi connectivity index (χ0v) is 11.6. The Morgan fingerprint density at radius 2 is 1.72 bits per heavy atom. The number of hydrogen-bond acceptors (Lipinski definition) is 3. The molecule has 0 saturated carbocycles. The fourth-order valence-corrected chi connectivity index (χ4v) is 2.65. The molecule has 3 heteroatoms. The smallest absolute Gasteiger partial charge is 0.126 e. The van der Waals surface area contributed by atoms with E-state index >= 15 is 0 Å². The van der Waals surface area contributed by atoms with Gasteiger partial charge in [0, 0.05) is 17.0 Å². The molecule has 18 heavy (non-hydrogen) atoms. The van der Waals surface area contributed by atoms with Gasteiger partial charge in [0.05, 0.1) is 19.8 Å². The van der Waals surface area contributed by atoms with Crippen molar-refractivity contribution < 1.29 is 14.6 Å². The SMILES string of the molecule is COc1ccc(OC)c2c1C(C)=C[C@@H](C)[C@]2(C)O. The topological polar surface area (TPSA) is 38.7 Å². The summed E-state index contributed by atoms with van der Waals surface area (Å²) < 4.78 is 10.8. The van der Waals surface area contributed by atoms with E-state index in [1.165, 1.54) is 0 Å². The van der Waals surface area contributed by atoms with E-state index in [0.717, 1.165) is 22.4 Å². The average Bonchev–Trinajstić information content (AvgIpc) is 2.35. The summed E-state index contributed by atoms with van der Waals surface area (Å²) in [5.74, 6) is 1.51. The van der Waals surface area contributed by atoms with Crippen LogP contribution in [0.3, 0.4) is 0 Å². The van der Waals surface area contributed by atoms with Crippen LogP contribution in [0.1, 0.15) is 31.9 Å². The Hall–Kier alpha value is -1.48. The van der Waals surface area contributed by atoms with Gasteiger partial charge in [0.1, 0.15) is 11.5 Å². The lowest BCUT2D eigenvalue weighted by molar-refractivity contribution is 0.0160. The van der Waals surface area contributed by atoms with E-state index in [-0.39, 0.29) is 5.92 Å². The first-order chi connectivity index (χ1) is 8.43. The Morgan fingerprint density at radius 3 is 2.28 bits per heavy atom. The number of ether oxygens (including phenoxy) is 2. The number of aliphatic hydroxyl groups is 1. The van der Waals surface area contributed by atoms with Gasteiger partial charge in [-0.25, -0.2) is 0 Å². The molecule has 0 heterocycles. The predicted octanol–water partition coefficient (Wildman–Crippen LogP) is 2.96. The molecule has 0 aromatic heterocycles. The molecule has 0 aliphatic heterocycles. The van der Waals surface area contributed by atoms with Crippen molar-refractivity contribution >= 4 is 5.57 Å². The molecule has 0 radical (unpaired) electrons. The number of methoxy groups -OCH3 is 2. The minimum absolute atomic E-state index is 0.0333. The van der Waals surface area contributed by atoms with Crippen molar-refractivity contribution in [1.29, 1.82) is 0 Å². The highest BCUT2D eigenvalue weighted by Crippen LogP contribution is 2.48. The van der Waals surface area contributed by atoms with E-state index in [0.29, 0.717) is 5.75 Å². The zero-order chi connectivity index (χ0) is 13.5. The minimum Gasteiger partial charge on any atom is -0.496 e. The van der Waals surface area contributed by atoms with Gasteiger partial charge in [-0.3, -0.25) is 0 Å². The molecule has 0 bridgehead atoms. The number of benzene rings is 1. The zero-order valence-electron chi connectivity index (χ0n) is 11.6. The molecule has 2 rings (SSSR count). The summed E-state index contributed by atoms with van der Waals surface area (Å²) in [6.45, 7) is 5.86. The van der Waals surface area contributed by atoms with Crippen LogP contribution in [0.5, 0.6) is 11.5 Å². The highest BCUT2D eigenvalue weighted by molar-refractivity contribution is 5.77.